The molecule has 0 spiro atoms. The molecule has 0 saturated carbocycles. The third kappa shape index (κ3) is 3.91. The van der Waals surface area contributed by atoms with Gasteiger partial charge in [0.05, 0.1) is 0 Å². The lowest BCUT2D eigenvalue weighted by Gasteiger charge is -2.10. The molecule has 1 aromatic carbocycles. The van der Waals surface area contributed by atoms with Gasteiger partial charge in [0.2, 0.25) is 0 Å². The van der Waals surface area contributed by atoms with Crippen LogP contribution in [-0.4, -0.2) is 9.97 Å². The van der Waals surface area contributed by atoms with Crippen LogP contribution in [0.4, 0.5) is 17.3 Å². The number of halogens is 1. The van der Waals surface area contributed by atoms with Crippen LogP contribution in [0, 0.1) is 6.92 Å². The molecule has 0 amide bonds. The Labute approximate surface area is 127 Å². The van der Waals surface area contributed by atoms with Crippen molar-refractivity contribution in [2.75, 3.05) is 10.7 Å². The molecule has 1 aromatic heterocycles. The highest BCUT2D eigenvalue weighted by Crippen LogP contribution is 2.23. The van der Waals surface area contributed by atoms with Crippen molar-refractivity contribution in [3.63, 3.8) is 0 Å². The topological polar surface area (TPSA) is 75.9 Å². The molecule has 20 heavy (non-hydrogen) atoms. The van der Waals surface area contributed by atoms with E-state index >= 15 is 0 Å². The number of rotatable bonds is 5. The number of aryl methyl sites for hydroxylation is 2. The summed E-state index contributed by atoms with van der Waals surface area (Å²) in [5.41, 5.74) is 4.72. The highest BCUT2D eigenvalue weighted by atomic mass is 79.9. The Hall–Kier alpha value is -1.66. The lowest BCUT2D eigenvalue weighted by atomic mass is 10.2. The Morgan fingerprint density at radius 2 is 1.90 bits per heavy atom. The molecular weight excluding hydrogens is 318 g/mol. The molecule has 0 aliphatic rings. The van der Waals surface area contributed by atoms with Gasteiger partial charge in [0, 0.05) is 22.6 Å². The fourth-order valence-electron chi connectivity index (χ4n) is 1.93. The molecule has 0 bridgehead atoms. The van der Waals surface area contributed by atoms with Gasteiger partial charge in [-0.1, -0.05) is 22.9 Å². The molecule has 0 radical (unpaired) electrons. The molecule has 2 rings (SSSR count). The Morgan fingerprint density at radius 1 is 1.15 bits per heavy atom. The van der Waals surface area contributed by atoms with Crippen molar-refractivity contribution < 1.29 is 0 Å². The second-order valence-corrected chi connectivity index (χ2v) is 5.51. The fourth-order valence-corrected chi connectivity index (χ4v) is 2.53. The molecule has 1 heterocycles. The smallest absolute Gasteiger partial charge is 0.145 e. The summed E-state index contributed by atoms with van der Waals surface area (Å²) in [7, 11) is 0. The quantitative estimate of drug-likeness (QED) is 0.575. The van der Waals surface area contributed by atoms with E-state index in [1.807, 2.05) is 13.0 Å². The minimum Gasteiger partial charge on any atom is -0.340 e. The summed E-state index contributed by atoms with van der Waals surface area (Å²) in [6.07, 6.45) is 1.81. The minimum absolute atomic E-state index is 0.609. The Bertz CT molecular complexity index is 580. The van der Waals surface area contributed by atoms with Gasteiger partial charge in [0.25, 0.3) is 0 Å². The van der Waals surface area contributed by atoms with Gasteiger partial charge in [-0.3, -0.25) is 0 Å². The normalized spacial score (nSPS) is 10.4. The summed E-state index contributed by atoms with van der Waals surface area (Å²) >= 11 is 3.49. The fraction of sp³-hybridized carbons (Fsp3) is 0.286. The third-order valence-electron chi connectivity index (χ3n) is 2.71. The van der Waals surface area contributed by atoms with E-state index in [2.05, 4.69) is 55.7 Å². The van der Waals surface area contributed by atoms with Crippen molar-refractivity contribution >= 4 is 33.3 Å². The molecule has 0 aliphatic heterocycles. The molecule has 106 valence electrons. The number of nitrogen functional groups attached to an aromatic ring is 1. The van der Waals surface area contributed by atoms with Crippen LogP contribution in [0.15, 0.2) is 28.7 Å². The van der Waals surface area contributed by atoms with Crippen LogP contribution in [0.25, 0.3) is 0 Å². The third-order valence-corrected chi connectivity index (χ3v) is 3.17. The van der Waals surface area contributed by atoms with E-state index < -0.39 is 0 Å². The molecule has 6 heteroatoms. The summed E-state index contributed by atoms with van der Waals surface area (Å²) in [6.45, 7) is 4.14. The number of hydrogen-bond acceptors (Lipinski definition) is 5. The summed E-state index contributed by atoms with van der Waals surface area (Å²) in [6, 6.07) is 7.90. The number of nitrogens with zero attached hydrogens (tertiary/aromatic N) is 2. The molecule has 0 fully saturated rings. The van der Waals surface area contributed by atoms with Crippen LogP contribution < -0.4 is 16.6 Å². The number of hydrogen-bond donors (Lipinski definition) is 3. The minimum atomic E-state index is 0.609. The Balaban J connectivity index is 2.29. The van der Waals surface area contributed by atoms with Crippen LogP contribution in [-0.2, 0) is 6.42 Å². The molecule has 0 saturated heterocycles. The van der Waals surface area contributed by atoms with E-state index in [1.54, 1.807) is 6.07 Å². The van der Waals surface area contributed by atoms with E-state index in [-0.39, 0.29) is 0 Å². The van der Waals surface area contributed by atoms with Crippen molar-refractivity contribution in [2.24, 2.45) is 5.84 Å². The van der Waals surface area contributed by atoms with Crippen molar-refractivity contribution in [1.82, 2.24) is 9.97 Å². The van der Waals surface area contributed by atoms with Gasteiger partial charge >= 0.3 is 0 Å². The molecule has 0 aliphatic carbocycles. The number of nitrogens with one attached hydrogen (secondary N) is 2. The monoisotopic (exact) mass is 335 g/mol. The predicted octanol–water partition coefficient (Wildman–Crippen LogP) is 3.53. The summed E-state index contributed by atoms with van der Waals surface area (Å²) in [5, 5.41) is 3.28. The predicted molar refractivity (Wildman–Crippen MR) is 86.0 cm³/mol. The zero-order valence-corrected chi connectivity index (χ0v) is 13.2. The van der Waals surface area contributed by atoms with Gasteiger partial charge in [0.1, 0.15) is 17.5 Å². The maximum Gasteiger partial charge on any atom is 0.145 e. The molecule has 0 unspecified atom stereocenters. The first kappa shape index (κ1) is 14.7. The van der Waals surface area contributed by atoms with E-state index in [0.717, 1.165) is 34.6 Å². The maximum absolute atomic E-state index is 5.45. The summed E-state index contributed by atoms with van der Waals surface area (Å²) < 4.78 is 1.03. The second-order valence-electron chi connectivity index (χ2n) is 4.59. The van der Waals surface area contributed by atoms with Crippen LogP contribution in [0.1, 0.15) is 24.7 Å². The zero-order chi connectivity index (χ0) is 14.5. The Morgan fingerprint density at radius 3 is 2.55 bits per heavy atom. The van der Waals surface area contributed by atoms with E-state index in [1.165, 1.54) is 5.56 Å². The highest BCUT2D eigenvalue weighted by Gasteiger charge is 2.05. The first-order chi connectivity index (χ1) is 9.60. The maximum atomic E-state index is 5.45. The van der Waals surface area contributed by atoms with Crippen molar-refractivity contribution in [3.05, 3.63) is 40.1 Å². The van der Waals surface area contributed by atoms with Crippen LogP contribution >= 0.6 is 15.9 Å². The summed E-state index contributed by atoms with van der Waals surface area (Å²) in [5.74, 6) is 7.56. The van der Waals surface area contributed by atoms with Crippen molar-refractivity contribution in [1.29, 1.82) is 0 Å². The highest BCUT2D eigenvalue weighted by molar-refractivity contribution is 9.10. The van der Waals surface area contributed by atoms with Gasteiger partial charge in [-0.15, -0.1) is 0 Å². The molecular formula is C14H18BrN5. The molecule has 5 nitrogen and oxygen atoms in total. The van der Waals surface area contributed by atoms with E-state index in [4.69, 9.17) is 5.84 Å². The van der Waals surface area contributed by atoms with Crippen molar-refractivity contribution in [3.8, 4) is 0 Å². The second kappa shape index (κ2) is 6.67. The lowest BCUT2D eigenvalue weighted by molar-refractivity contribution is 0.837. The van der Waals surface area contributed by atoms with Crippen LogP contribution in [0.5, 0.6) is 0 Å². The molecule has 2 aromatic rings. The Kier molecular flexibility index (Phi) is 4.92. The number of benzene rings is 1. The van der Waals surface area contributed by atoms with Gasteiger partial charge in [-0.25, -0.2) is 15.8 Å². The number of aromatic nitrogens is 2. The van der Waals surface area contributed by atoms with Crippen LogP contribution in [0.3, 0.4) is 0 Å². The largest absolute Gasteiger partial charge is 0.340 e. The summed E-state index contributed by atoms with van der Waals surface area (Å²) in [4.78, 5) is 8.81. The van der Waals surface area contributed by atoms with Crippen LogP contribution in [0.2, 0.25) is 0 Å². The van der Waals surface area contributed by atoms with Gasteiger partial charge in [-0.05, 0) is 37.1 Å². The van der Waals surface area contributed by atoms with E-state index in [0.29, 0.717) is 5.82 Å². The SMILES string of the molecule is CCCc1nc(NN)cc(Nc2cc(C)cc(Br)c2)n1. The van der Waals surface area contributed by atoms with Gasteiger partial charge in [0.15, 0.2) is 0 Å². The lowest BCUT2D eigenvalue weighted by Crippen LogP contribution is -2.11. The average molecular weight is 336 g/mol. The standard InChI is InChI=1S/C14H18BrN5/c1-3-4-12-18-13(8-14(19-12)20-16)17-11-6-9(2)5-10(15)7-11/h5-8H,3-4,16H2,1-2H3,(H2,17,18,19,20). The molecule has 0 atom stereocenters. The van der Waals surface area contributed by atoms with Gasteiger partial charge in [-0.2, -0.15) is 0 Å². The molecule has 4 N–H and O–H groups in total. The first-order valence-corrected chi connectivity index (χ1v) is 7.29. The zero-order valence-electron chi connectivity index (χ0n) is 11.6. The number of anilines is 3. The van der Waals surface area contributed by atoms with E-state index in [9.17, 15) is 0 Å². The first-order valence-electron chi connectivity index (χ1n) is 6.49. The van der Waals surface area contributed by atoms with Gasteiger partial charge < -0.3 is 10.7 Å². The number of hydrazine groups is 1. The van der Waals surface area contributed by atoms with Crippen molar-refractivity contribution in [2.45, 2.75) is 26.7 Å². The number of nitrogens with two attached hydrogens (primary N) is 1. The average Bonchev–Trinajstić information content (AvgIpc) is 2.37.